The van der Waals surface area contributed by atoms with Gasteiger partial charge in [0.2, 0.25) is 0 Å². The number of amides is 1. The molecule has 1 atom stereocenters. The van der Waals surface area contributed by atoms with Crippen LogP contribution in [0.4, 0.5) is 4.79 Å². The molecule has 0 unspecified atom stereocenters. The molecule has 1 saturated carbocycles. The van der Waals surface area contributed by atoms with Crippen LogP contribution in [0.2, 0.25) is 0 Å². The van der Waals surface area contributed by atoms with Gasteiger partial charge in [-0.3, -0.25) is 38.2 Å². The Morgan fingerprint density at radius 3 is 1.44 bits per heavy atom. The first kappa shape index (κ1) is 52.3. The quantitative estimate of drug-likeness (QED) is 0.161. The molecular weight excluding hydrogens is 982 g/mol. The van der Waals surface area contributed by atoms with Crippen molar-refractivity contribution in [2.45, 2.75) is 84.4 Å². The van der Waals surface area contributed by atoms with Gasteiger partial charge < -0.3 is 9.64 Å². The van der Waals surface area contributed by atoms with Crippen LogP contribution in [0.1, 0.15) is 80.2 Å². The normalized spacial score (nSPS) is 14.7. The van der Waals surface area contributed by atoms with Crippen LogP contribution in [-0.2, 0) is 18.8 Å². The summed E-state index contributed by atoms with van der Waals surface area (Å²) in [5, 5.41) is 1.92. The number of carbonyl (C=O) groups is 1. The van der Waals surface area contributed by atoms with E-state index in [-0.39, 0.29) is 54.4 Å². The van der Waals surface area contributed by atoms with Gasteiger partial charge in [0.05, 0.1) is 62.9 Å². The summed E-state index contributed by atoms with van der Waals surface area (Å²) < 4.78 is 19.0. The third-order valence-corrected chi connectivity index (χ3v) is 14.0. The summed E-state index contributed by atoms with van der Waals surface area (Å²) >= 11 is 0. The van der Waals surface area contributed by atoms with Crippen LogP contribution in [0.25, 0.3) is 88.6 Å². The lowest BCUT2D eigenvalue weighted by molar-refractivity contribution is 0.0289. The number of aromatic nitrogens is 8. The molecule has 10 aromatic rings. The summed E-state index contributed by atoms with van der Waals surface area (Å²) in [6, 6.07) is 41.0. The van der Waals surface area contributed by atoms with Gasteiger partial charge in [0, 0.05) is 80.0 Å². The highest BCUT2D eigenvalue weighted by atomic mass is 35.5. The minimum atomic E-state index is -0.572. The Labute approximate surface area is 450 Å². The summed E-state index contributed by atoms with van der Waals surface area (Å²) in [7, 11) is 3.62. The van der Waals surface area contributed by atoms with E-state index in [9.17, 15) is 14.4 Å². The van der Waals surface area contributed by atoms with Gasteiger partial charge in [0.1, 0.15) is 5.60 Å². The smallest absolute Gasteiger partial charge is 0.410 e. The van der Waals surface area contributed by atoms with Crippen molar-refractivity contribution in [3.8, 4) is 44.8 Å². The molecule has 1 saturated heterocycles. The Morgan fingerprint density at radius 1 is 0.573 bits per heavy atom. The van der Waals surface area contributed by atoms with E-state index in [1.165, 1.54) is 12.8 Å². The fourth-order valence-electron chi connectivity index (χ4n) is 10.4. The van der Waals surface area contributed by atoms with Gasteiger partial charge >= 0.3 is 17.5 Å². The van der Waals surface area contributed by atoms with Crippen molar-refractivity contribution < 1.29 is 10.9 Å². The zero-order valence-electron chi connectivity index (χ0n) is 44.1. The number of pyridine rings is 4. The van der Waals surface area contributed by atoms with Crippen LogP contribution in [0.5, 0.6) is 0 Å². The second kappa shape index (κ2) is 22.5. The fraction of sp³-hybridized carbons (Fsp3) is 0.283. The molecule has 7 heterocycles. The van der Waals surface area contributed by atoms with Gasteiger partial charge in [-0.15, -0.1) is 24.8 Å². The number of benzene rings is 4. The van der Waals surface area contributed by atoms with Gasteiger partial charge in [-0.1, -0.05) is 112 Å². The van der Waals surface area contributed by atoms with Crippen LogP contribution in [0.3, 0.4) is 0 Å². The number of aryl methyl sites for hydroxylation is 2. The van der Waals surface area contributed by atoms with Gasteiger partial charge in [0.15, 0.2) is 0 Å². The molecule has 12 rings (SSSR count). The summed E-state index contributed by atoms with van der Waals surface area (Å²) in [5.41, 5.74) is 12.7. The van der Waals surface area contributed by atoms with E-state index in [1.807, 2.05) is 128 Å². The summed E-state index contributed by atoms with van der Waals surface area (Å²) in [6.07, 6.45) is 12.2. The van der Waals surface area contributed by atoms with Crippen LogP contribution in [-0.4, -0.2) is 67.9 Å². The number of fused-ring (bicyclic) bond motifs is 6. The van der Waals surface area contributed by atoms with E-state index >= 15 is 0 Å². The molecule has 15 heteroatoms. The van der Waals surface area contributed by atoms with E-state index in [0.29, 0.717) is 26.4 Å². The molecule has 0 radical (unpaired) electrons. The third kappa shape index (κ3) is 10.6. The molecule has 13 nitrogen and oxygen atoms in total. The van der Waals surface area contributed by atoms with E-state index in [4.69, 9.17) is 16.1 Å². The largest absolute Gasteiger partial charge is 0.444 e. The molecule has 1 aliphatic carbocycles. The maximum atomic E-state index is 13.5. The summed E-state index contributed by atoms with van der Waals surface area (Å²) in [6.45, 7) is 8.82. The Bertz CT molecular complexity index is 3770. The first-order chi connectivity index (χ1) is 35.8. The Balaban J connectivity index is 0.000000190. The Hall–Kier alpha value is -7.61. The van der Waals surface area contributed by atoms with Crippen LogP contribution >= 0.6 is 24.8 Å². The third-order valence-electron chi connectivity index (χ3n) is 14.0. The van der Waals surface area contributed by atoms with E-state index in [0.717, 1.165) is 101 Å². The number of imidazole rings is 2. The van der Waals surface area contributed by atoms with Crippen molar-refractivity contribution in [3.63, 3.8) is 0 Å². The second-order valence-electron chi connectivity index (χ2n) is 19.8. The number of ether oxygens (including phenoxy) is 1. The highest BCUT2D eigenvalue weighted by molar-refractivity contribution is 6.05. The average molecular weight is 1050 g/mol. The first-order valence-electron chi connectivity index (χ1n) is 25.8. The Morgan fingerprint density at radius 2 is 1.01 bits per heavy atom. The second-order valence-corrected chi connectivity index (χ2v) is 19.8. The van der Waals surface area contributed by atoms with Crippen LogP contribution < -0.4 is 11.4 Å². The lowest BCUT2D eigenvalue weighted by atomic mass is 10.0. The monoisotopic (exact) mass is 1040 g/mol. The topological polar surface area (TPSA) is 135 Å². The average Bonchev–Trinajstić information content (AvgIpc) is 4.25. The number of carbonyl (C=O) groups excluding carboxylic acids is 1. The lowest BCUT2D eigenvalue weighted by Gasteiger charge is -2.24. The molecule has 6 aromatic heterocycles. The number of rotatable bonds is 6. The SMILES string of the molecule is Cl.Cl.Cn1c(=O)n(C2CCCC2)c2c3cc(-c4ccc(-c5ccccc5)nc4)ccc3ncc21.Cn1c(=O)n([C@H]2CCN(C(=O)OC(C)(C)C)C2)c2c3cc(-c4ccc(-c5ccccc5)nc4)ccc3ncc21.[2H]CC. The molecule has 386 valence electrons. The van der Waals surface area contributed by atoms with Crippen molar-refractivity contribution in [1.82, 2.24) is 43.1 Å². The minimum Gasteiger partial charge on any atom is -0.444 e. The van der Waals surface area contributed by atoms with Crippen molar-refractivity contribution in [1.29, 1.82) is 0 Å². The fourth-order valence-corrected chi connectivity index (χ4v) is 10.4. The number of halogens is 2. The van der Waals surface area contributed by atoms with E-state index < -0.39 is 5.60 Å². The molecule has 0 N–H and O–H groups in total. The zero-order chi connectivity index (χ0) is 51.7. The molecule has 1 amide bonds. The Kier molecular flexibility index (Phi) is 15.7. The zero-order valence-corrected chi connectivity index (χ0v) is 44.8. The number of nitrogens with zero attached hydrogens (tertiary/aromatic N) is 9. The summed E-state index contributed by atoms with van der Waals surface area (Å²) in [5.74, 6) is 0. The molecule has 1 aliphatic heterocycles. The van der Waals surface area contributed by atoms with Crippen molar-refractivity contribution in [2.75, 3.05) is 13.1 Å². The van der Waals surface area contributed by atoms with Gasteiger partial charge in [0.25, 0.3) is 0 Å². The minimum absolute atomic E-state index is 0. The number of hydrogen-bond donors (Lipinski definition) is 0. The molecule has 4 aromatic carbocycles. The van der Waals surface area contributed by atoms with Gasteiger partial charge in [-0.2, -0.15) is 0 Å². The van der Waals surface area contributed by atoms with E-state index in [1.54, 1.807) is 34.2 Å². The predicted octanol–water partition coefficient (Wildman–Crippen LogP) is 13.4. The number of likely N-dealkylation sites (tertiary alicyclic amines) is 1. The lowest BCUT2D eigenvalue weighted by Crippen LogP contribution is -2.36. The van der Waals surface area contributed by atoms with Crippen LogP contribution in [0, 0.1) is 0 Å². The highest BCUT2D eigenvalue weighted by Gasteiger charge is 2.33. The van der Waals surface area contributed by atoms with Crippen molar-refractivity contribution in [2.24, 2.45) is 14.1 Å². The maximum Gasteiger partial charge on any atom is 0.410 e. The van der Waals surface area contributed by atoms with Crippen molar-refractivity contribution in [3.05, 3.63) is 167 Å². The highest BCUT2D eigenvalue weighted by Crippen LogP contribution is 2.36. The summed E-state index contributed by atoms with van der Waals surface area (Å²) in [4.78, 5) is 59.7. The standard InChI is InChI=1S/C31H31N5O3.C27H24N4O.C2H6.2ClH/c1-31(2,3)39-30(38)35-15-14-23(19-35)36-28-24-16-21(10-13-26(24)33-18-27(28)34(4)29(36)37)22-11-12-25(32-17-22)20-8-6-5-7-9-20;1-30-25-17-29-24-14-11-19(20-12-13-23(28-16-20)18-7-3-2-4-8-18)15-22(24)26(25)31(27(30)32)21-9-5-6-10-21;1-2;;/h5-13,16-18,23H,14-15,19H2,1-4H3;2-4,7-8,11-17,21H,5-6,9-10H2,1H3;1-2H3;2*1H/t23-;;;;/m0..../s1/i;;1D;;. The molecule has 0 spiro atoms. The van der Waals surface area contributed by atoms with Gasteiger partial charge in [-0.05, 0) is 87.6 Å². The molecule has 0 bridgehead atoms. The molecule has 2 aliphatic rings. The number of hydrogen-bond acceptors (Lipinski definition) is 8. The first-order valence-corrected chi connectivity index (χ1v) is 25.1. The molecular formula is C60H63Cl2N9O4. The molecule has 75 heavy (non-hydrogen) atoms. The predicted molar refractivity (Wildman–Crippen MR) is 307 cm³/mol. The van der Waals surface area contributed by atoms with Crippen molar-refractivity contribution >= 4 is 74.8 Å². The van der Waals surface area contributed by atoms with E-state index in [2.05, 4.69) is 58.5 Å². The maximum absolute atomic E-state index is 13.5. The molecule has 2 fully saturated rings. The van der Waals surface area contributed by atoms with Gasteiger partial charge in [-0.25, -0.2) is 14.4 Å². The van der Waals surface area contributed by atoms with Crippen LogP contribution in [0.15, 0.2) is 156 Å².